The Balaban J connectivity index is 1.79. The van der Waals surface area contributed by atoms with Crippen LogP contribution in [0.15, 0.2) is 58.8 Å². The van der Waals surface area contributed by atoms with Gasteiger partial charge in [-0.1, -0.05) is 11.6 Å². The molecule has 0 saturated heterocycles. The summed E-state index contributed by atoms with van der Waals surface area (Å²) in [6, 6.07) is 4.97. The van der Waals surface area contributed by atoms with E-state index in [2.05, 4.69) is 20.2 Å². The molecule has 33 heavy (non-hydrogen) atoms. The molecule has 0 aliphatic heterocycles. The van der Waals surface area contributed by atoms with E-state index in [1.165, 1.54) is 37.9 Å². The zero-order chi connectivity index (χ0) is 23.8. The summed E-state index contributed by atoms with van der Waals surface area (Å²) in [4.78, 5) is 32.3. The first-order valence-corrected chi connectivity index (χ1v) is 9.66. The summed E-state index contributed by atoms with van der Waals surface area (Å²) in [6.07, 6.45) is 0.409. The van der Waals surface area contributed by atoms with Gasteiger partial charge in [0, 0.05) is 36.2 Å². The summed E-state index contributed by atoms with van der Waals surface area (Å²) in [5.41, 5.74) is -1.83. The number of aromatic amines is 1. The number of halogens is 4. The lowest BCUT2D eigenvalue weighted by Crippen LogP contribution is -2.26. The van der Waals surface area contributed by atoms with Crippen molar-refractivity contribution in [3.63, 3.8) is 0 Å². The van der Waals surface area contributed by atoms with Crippen LogP contribution >= 0.6 is 11.6 Å². The Morgan fingerprint density at radius 3 is 2.48 bits per heavy atom. The quantitative estimate of drug-likeness (QED) is 0.472. The van der Waals surface area contributed by atoms with Gasteiger partial charge in [0.25, 0.3) is 5.56 Å². The molecule has 1 N–H and O–H groups in total. The van der Waals surface area contributed by atoms with Crippen molar-refractivity contribution in [2.24, 2.45) is 7.05 Å². The fraction of sp³-hybridized carbons (Fsp3) is 0.150. The van der Waals surface area contributed by atoms with Crippen LogP contribution in [0.2, 0.25) is 5.02 Å². The molecule has 0 spiro atoms. The second kappa shape index (κ2) is 8.54. The van der Waals surface area contributed by atoms with Crippen molar-refractivity contribution in [3.8, 4) is 22.6 Å². The number of nitrogens with one attached hydrogen (secondary N) is 1. The smallest absolute Gasteiger partial charge is 0.420 e. The van der Waals surface area contributed by atoms with Crippen molar-refractivity contribution < 1.29 is 17.9 Å². The molecular weight excluding hydrogens is 465 g/mol. The van der Waals surface area contributed by atoms with Crippen molar-refractivity contribution in [3.05, 3.63) is 86.4 Å². The molecule has 0 aliphatic carbocycles. The number of aromatic nitrogens is 6. The van der Waals surface area contributed by atoms with Gasteiger partial charge in [-0.05, 0) is 29.8 Å². The van der Waals surface area contributed by atoms with Crippen LogP contribution in [0.4, 0.5) is 13.2 Å². The molecule has 3 heterocycles. The molecule has 0 radical (unpaired) electrons. The second-order valence-electron chi connectivity index (χ2n) is 6.90. The summed E-state index contributed by atoms with van der Waals surface area (Å²) in [7, 11) is 1.41. The number of nitrogens with zero attached hydrogens (tertiary/aromatic N) is 5. The minimum absolute atomic E-state index is 0.0890. The van der Waals surface area contributed by atoms with Crippen molar-refractivity contribution in [1.29, 1.82) is 0 Å². The average molecular weight is 479 g/mol. The van der Waals surface area contributed by atoms with E-state index < -0.39 is 28.7 Å². The van der Waals surface area contributed by atoms with Gasteiger partial charge in [0.05, 0.1) is 6.54 Å². The van der Waals surface area contributed by atoms with Crippen molar-refractivity contribution in [2.45, 2.75) is 12.7 Å². The number of hydrogen-bond donors (Lipinski definition) is 1. The number of H-pyrrole nitrogens is 1. The summed E-state index contributed by atoms with van der Waals surface area (Å²) in [5.74, 6) is -0.890. The lowest BCUT2D eigenvalue weighted by Gasteiger charge is -2.16. The first kappa shape index (κ1) is 22.3. The molecule has 9 nitrogen and oxygen atoms in total. The minimum atomic E-state index is -4.86. The number of ether oxygens (including phenoxy) is 1. The third kappa shape index (κ3) is 4.65. The molecule has 0 unspecified atom stereocenters. The molecule has 170 valence electrons. The van der Waals surface area contributed by atoms with E-state index in [4.69, 9.17) is 16.3 Å². The maximum absolute atomic E-state index is 13.6. The lowest BCUT2D eigenvalue weighted by molar-refractivity contribution is -0.138. The summed E-state index contributed by atoms with van der Waals surface area (Å²) in [5, 5.41) is 6.14. The third-order valence-corrected chi connectivity index (χ3v) is 4.91. The van der Waals surface area contributed by atoms with Crippen LogP contribution in [-0.2, 0) is 19.8 Å². The second-order valence-corrected chi connectivity index (χ2v) is 7.33. The number of rotatable bonds is 5. The van der Waals surface area contributed by atoms with Crippen LogP contribution < -0.4 is 16.0 Å². The van der Waals surface area contributed by atoms with Crippen molar-refractivity contribution >= 4 is 11.6 Å². The first-order chi connectivity index (χ1) is 15.6. The highest BCUT2D eigenvalue weighted by molar-refractivity contribution is 6.31. The Bertz CT molecular complexity index is 1430. The van der Waals surface area contributed by atoms with Gasteiger partial charge in [-0.3, -0.25) is 9.36 Å². The van der Waals surface area contributed by atoms with Crippen LogP contribution in [0.5, 0.6) is 11.5 Å². The van der Waals surface area contributed by atoms with Crippen LogP contribution in [0.3, 0.4) is 0 Å². The third-order valence-electron chi connectivity index (χ3n) is 4.70. The molecule has 1 aromatic carbocycles. The van der Waals surface area contributed by atoms with Gasteiger partial charge in [0.2, 0.25) is 5.75 Å². The van der Waals surface area contributed by atoms with Crippen LogP contribution in [-0.4, -0.2) is 29.3 Å². The number of hydrogen-bond acceptors (Lipinski definition) is 6. The molecular formula is C20H14ClF3N6O3. The number of benzene rings is 1. The fourth-order valence-corrected chi connectivity index (χ4v) is 3.25. The molecule has 4 rings (SSSR count). The first-order valence-electron chi connectivity index (χ1n) is 9.28. The van der Waals surface area contributed by atoms with E-state index in [1.807, 2.05) is 0 Å². The highest BCUT2D eigenvalue weighted by Crippen LogP contribution is 2.37. The molecule has 0 fully saturated rings. The van der Waals surface area contributed by atoms with Crippen LogP contribution in [0, 0.1) is 0 Å². The Morgan fingerprint density at radius 1 is 1.12 bits per heavy atom. The maximum atomic E-state index is 13.6. The summed E-state index contributed by atoms with van der Waals surface area (Å²) in [6.45, 7) is -0.259. The van der Waals surface area contributed by atoms with Gasteiger partial charge in [-0.2, -0.15) is 18.3 Å². The zero-order valence-electron chi connectivity index (χ0n) is 16.8. The standard InChI is InChI=1S/C20H14ClF3N6O3/c1-29-16(27-28-19(29)32)9-30-3-2-15(20(22,23)24)17(18(30)31)33-14-5-11(4-13(21)6-14)12-7-25-10-26-8-12/h2-8,10H,9H2,1H3,(H,28,32). The van der Waals surface area contributed by atoms with Gasteiger partial charge in [0.1, 0.15) is 17.6 Å². The van der Waals surface area contributed by atoms with E-state index in [-0.39, 0.29) is 23.1 Å². The molecule has 0 bridgehead atoms. The molecule has 0 amide bonds. The van der Waals surface area contributed by atoms with Crippen molar-refractivity contribution in [2.75, 3.05) is 0 Å². The molecule has 0 atom stereocenters. The SMILES string of the molecule is Cn1c(Cn2ccc(C(F)(F)F)c(Oc3cc(Cl)cc(-c4cncnc4)c3)c2=O)n[nH]c1=O. The topological polar surface area (TPSA) is 108 Å². The predicted octanol–water partition coefficient (Wildman–Crippen LogP) is 3.24. The van der Waals surface area contributed by atoms with Gasteiger partial charge < -0.3 is 9.30 Å². The van der Waals surface area contributed by atoms with Gasteiger partial charge >= 0.3 is 11.9 Å². The normalized spacial score (nSPS) is 11.5. The van der Waals surface area contributed by atoms with Crippen LogP contribution in [0.25, 0.3) is 11.1 Å². The lowest BCUT2D eigenvalue weighted by atomic mass is 10.1. The Labute approximate surface area is 188 Å². The molecule has 0 saturated carbocycles. The summed E-state index contributed by atoms with van der Waals surface area (Å²) < 4.78 is 48.5. The summed E-state index contributed by atoms with van der Waals surface area (Å²) >= 11 is 6.12. The highest BCUT2D eigenvalue weighted by atomic mass is 35.5. The van der Waals surface area contributed by atoms with E-state index >= 15 is 0 Å². The van der Waals surface area contributed by atoms with E-state index in [1.54, 1.807) is 6.07 Å². The molecule has 13 heteroatoms. The van der Waals surface area contributed by atoms with Gasteiger partial charge in [0.15, 0.2) is 5.82 Å². The zero-order valence-corrected chi connectivity index (χ0v) is 17.6. The Kier molecular flexibility index (Phi) is 5.77. The van der Waals surface area contributed by atoms with E-state index in [0.29, 0.717) is 11.1 Å². The number of pyridine rings is 1. The van der Waals surface area contributed by atoms with Crippen LogP contribution in [0.1, 0.15) is 11.4 Å². The Hall–Kier alpha value is -3.93. The average Bonchev–Trinajstić information content (AvgIpc) is 3.08. The van der Waals surface area contributed by atoms with Crippen molar-refractivity contribution in [1.82, 2.24) is 29.3 Å². The fourth-order valence-electron chi connectivity index (χ4n) is 3.03. The van der Waals surface area contributed by atoms with Gasteiger partial charge in [-0.15, -0.1) is 0 Å². The Morgan fingerprint density at radius 2 is 1.85 bits per heavy atom. The largest absolute Gasteiger partial charge is 0.451 e. The van der Waals surface area contributed by atoms with Gasteiger partial charge in [-0.25, -0.2) is 19.9 Å². The molecule has 0 aliphatic rings. The molecule has 3 aromatic heterocycles. The maximum Gasteiger partial charge on any atom is 0.420 e. The predicted molar refractivity (Wildman–Crippen MR) is 111 cm³/mol. The highest BCUT2D eigenvalue weighted by Gasteiger charge is 2.36. The number of alkyl halides is 3. The molecule has 4 aromatic rings. The minimum Gasteiger partial charge on any atom is -0.451 e. The van der Waals surface area contributed by atoms with E-state index in [0.717, 1.165) is 21.4 Å². The monoisotopic (exact) mass is 478 g/mol. The van der Waals surface area contributed by atoms with E-state index in [9.17, 15) is 22.8 Å².